The second kappa shape index (κ2) is 6.98. The third-order valence-electron chi connectivity index (χ3n) is 5.15. The summed E-state index contributed by atoms with van der Waals surface area (Å²) in [5, 5.41) is 4.52. The molecule has 3 aromatic heterocycles. The molecular formula is C22H22N6O2. The first kappa shape index (κ1) is 18.4. The number of hydrogen-bond donors (Lipinski definition) is 1. The lowest BCUT2D eigenvalue weighted by Crippen LogP contribution is -2.06. The van der Waals surface area contributed by atoms with Gasteiger partial charge in [-0.25, -0.2) is 14.6 Å². The summed E-state index contributed by atoms with van der Waals surface area (Å²) in [4.78, 5) is 23.9. The predicted octanol–water partition coefficient (Wildman–Crippen LogP) is 3.45. The Labute approximate surface area is 173 Å². The van der Waals surface area contributed by atoms with E-state index in [1.54, 1.807) is 12.3 Å². The van der Waals surface area contributed by atoms with Crippen molar-refractivity contribution in [2.24, 2.45) is 0 Å². The van der Waals surface area contributed by atoms with Crippen LogP contribution in [-0.4, -0.2) is 35.9 Å². The van der Waals surface area contributed by atoms with Gasteiger partial charge >= 0.3 is 0 Å². The highest BCUT2D eigenvalue weighted by Gasteiger charge is 2.22. The van der Waals surface area contributed by atoms with Gasteiger partial charge in [0.15, 0.2) is 5.82 Å². The number of rotatable bonds is 3. The van der Waals surface area contributed by atoms with Crippen LogP contribution in [0.4, 0.5) is 0 Å². The van der Waals surface area contributed by atoms with Gasteiger partial charge in [-0.3, -0.25) is 4.79 Å². The number of aromatic nitrogens is 6. The number of imidazole rings is 1. The van der Waals surface area contributed by atoms with E-state index in [0.717, 1.165) is 45.6 Å². The first-order valence-corrected chi connectivity index (χ1v) is 9.96. The van der Waals surface area contributed by atoms with Gasteiger partial charge in [0, 0.05) is 24.5 Å². The second-order valence-corrected chi connectivity index (χ2v) is 7.67. The minimum atomic E-state index is -0.133. The SMILES string of the molecule is Cc1nc(-c2cn3c(n2)-c2cc(-c4cc[nH]c(=O)c4)ccc2OCC3)n(C(C)C)n1. The van der Waals surface area contributed by atoms with Gasteiger partial charge < -0.3 is 14.3 Å². The molecule has 4 aromatic rings. The lowest BCUT2D eigenvalue weighted by Gasteiger charge is -2.09. The third-order valence-corrected chi connectivity index (χ3v) is 5.15. The topological polar surface area (TPSA) is 90.6 Å². The Morgan fingerprint density at radius 2 is 1.93 bits per heavy atom. The summed E-state index contributed by atoms with van der Waals surface area (Å²) in [5.74, 6) is 3.08. The highest BCUT2D eigenvalue weighted by molar-refractivity contribution is 5.76. The molecule has 0 atom stereocenters. The molecular weight excluding hydrogens is 380 g/mol. The lowest BCUT2D eigenvalue weighted by molar-refractivity contribution is 0.306. The second-order valence-electron chi connectivity index (χ2n) is 7.67. The summed E-state index contributed by atoms with van der Waals surface area (Å²) >= 11 is 0. The van der Waals surface area contributed by atoms with Gasteiger partial charge in [-0.1, -0.05) is 6.07 Å². The number of pyridine rings is 1. The van der Waals surface area contributed by atoms with E-state index < -0.39 is 0 Å². The largest absolute Gasteiger partial charge is 0.491 e. The van der Waals surface area contributed by atoms with E-state index in [2.05, 4.69) is 33.5 Å². The molecule has 0 bridgehead atoms. The van der Waals surface area contributed by atoms with E-state index in [1.807, 2.05) is 42.1 Å². The fraction of sp³-hybridized carbons (Fsp3) is 0.273. The van der Waals surface area contributed by atoms with E-state index in [9.17, 15) is 4.79 Å². The van der Waals surface area contributed by atoms with Crippen LogP contribution < -0.4 is 10.3 Å². The number of nitrogens with zero attached hydrogens (tertiary/aromatic N) is 5. The summed E-state index contributed by atoms with van der Waals surface area (Å²) in [7, 11) is 0. The Morgan fingerprint density at radius 3 is 2.73 bits per heavy atom. The van der Waals surface area contributed by atoms with Crippen molar-refractivity contribution in [2.75, 3.05) is 6.61 Å². The molecule has 5 rings (SSSR count). The van der Waals surface area contributed by atoms with Crippen molar-refractivity contribution in [3.8, 4) is 39.8 Å². The molecule has 0 saturated heterocycles. The molecule has 0 amide bonds. The Hall–Kier alpha value is -3.68. The van der Waals surface area contributed by atoms with Gasteiger partial charge in [-0.15, -0.1) is 0 Å². The maximum Gasteiger partial charge on any atom is 0.248 e. The van der Waals surface area contributed by atoms with Crippen LogP contribution in [-0.2, 0) is 6.54 Å². The summed E-state index contributed by atoms with van der Waals surface area (Å²) in [5.41, 5.74) is 3.32. The number of nitrogens with one attached hydrogen (secondary N) is 1. The van der Waals surface area contributed by atoms with Crippen molar-refractivity contribution >= 4 is 0 Å². The number of aromatic amines is 1. The van der Waals surface area contributed by atoms with Crippen molar-refractivity contribution in [3.63, 3.8) is 0 Å². The lowest BCUT2D eigenvalue weighted by atomic mass is 10.0. The third kappa shape index (κ3) is 3.10. The molecule has 8 heteroatoms. The summed E-state index contributed by atoms with van der Waals surface area (Å²) in [6.45, 7) is 7.29. The van der Waals surface area contributed by atoms with Crippen molar-refractivity contribution in [1.29, 1.82) is 0 Å². The monoisotopic (exact) mass is 402 g/mol. The number of H-pyrrole nitrogens is 1. The zero-order valence-corrected chi connectivity index (χ0v) is 17.1. The molecule has 0 spiro atoms. The van der Waals surface area contributed by atoms with E-state index in [1.165, 1.54) is 0 Å². The molecule has 0 saturated carbocycles. The fourth-order valence-corrected chi connectivity index (χ4v) is 3.76. The Kier molecular flexibility index (Phi) is 4.27. The predicted molar refractivity (Wildman–Crippen MR) is 113 cm³/mol. The average Bonchev–Trinajstić information content (AvgIpc) is 3.28. The van der Waals surface area contributed by atoms with E-state index in [4.69, 9.17) is 9.72 Å². The molecule has 0 aliphatic carbocycles. The average molecular weight is 402 g/mol. The Balaban J connectivity index is 1.65. The van der Waals surface area contributed by atoms with Crippen molar-refractivity contribution in [2.45, 2.75) is 33.4 Å². The minimum Gasteiger partial charge on any atom is -0.491 e. The molecule has 1 N–H and O–H groups in total. The van der Waals surface area contributed by atoms with E-state index >= 15 is 0 Å². The standard InChI is InChI=1S/C22H22N6O2/c1-13(2)28-22(24-14(3)26-28)18-12-27-8-9-30-19-5-4-15(10-17(19)21(27)25-18)16-6-7-23-20(29)11-16/h4-7,10-13H,8-9H2,1-3H3,(H,23,29). The molecule has 0 fully saturated rings. The maximum absolute atomic E-state index is 11.7. The molecule has 1 aliphatic heterocycles. The summed E-state index contributed by atoms with van der Waals surface area (Å²) in [6.07, 6.45) is 3.66. The van der Waals surface area contributed by atoms with Crippen molar-refractivity contribution in [1.82, 2.24) is 29.3 Å². The first-order valence-electron chi connectivity index (χ1n) is 9.96. The number of aryl methyl sites for hydroxylation is 1. The summed E-state index contributed by atoms with van der Waals surface area (Å²) in [6, 6.07) is 9.58. The molecule has 30 heavy (non-hydrogen) atoms. The number of fused-ring (bicyclic) bond motifs is 3. The smallest absolute Gasteiger partial charge is 0.248 e. The number of benzene rings is 1. The van der Waals surface area contributed by atoms with Crippen molar-refractivity contribution in [3.05, 3.63) is 58.9 Å². The van der Waals surface area contributed by atoms with Gasteiger partial charge in [0.2, 0.25) is 5.56 Å². The molecule has 8 nitrogen and oxygen atoms in total. The van der Waals surface area contributed by atoms with Gasteiger partial charge in [0.05, 0.1) is 12.1 Å². The van der Waals surface area contributed by atoms with Gasteiger partial charge in [-0.05, 0) is 50.1 Å². The minimum absolute atomic E-state index is 0.133. The quantitative estimate of drug-likeness (QED) is 0.567. The molecule has 1 aliphatic rings. The van der Waals surface area contributed by atoms with Gasteiger partial charge in [0.25, 0.3) is 0 Å². The zero-order valence-electron chi connectivity index (χ0n) is 17.1. The number of hydrogen-bond acceptors (Lipinski definition) is 5. The van der Waals surface area contributed by atoms with E-state index in [-0.39, 0.29) is 11.6 Å². The highest BCUT2D eigenvalue weighted by Crippen LogP contribution is 2.36. The van der Waals surface area contributed by atoms with Crippen LogP contribution in [0.1, 0.15) is 25.7 Å². The molecule has 1 aromatic carbocycles. The fourth-order valence-electron chi connectivity index (χ4n) is 3.76. The molecule has 4 heterocycles. The van der Waals surface area contributed by atoms with Crippen LogP contribution in [0.5, 0.6) is 5.75 Å². The maximum atomic E-state index is 11.7. The van der Waals surface area contributed by atoms with Crippen LogP contribution >= 0.6 is 0 Å². The normalized spacial score (nSPS) is 12.9. The van der Waals surface area contributed by atoms with Gasteiger partial charge in [-0.2, -0.15) is 5.10 Å². The van der Waals surface area contributed by atoms with Crippen LogP contribution in [0.25, 0.3) is 34.0 Å². The summed E-state index contributed by atoms with van der Waals surface area (Å²) < 4.78 is 9.95. The van der Waals surface area contributed by atoms with Crippen LogP contribution in [0.2, 0.25) is 0 Å². The van der Waals surface area contributed by atoms with E-state index in [0.29, 0.717) is 13.2 Å². The molecule has 0 radical (unpaired) electrons. The first-order chi connectivity index (χ1) is 14.5. The highest BCUT2D eigenvalue weighted by atomic mass is 16.5. The Bertz CT molecular complexity index is 1300. The number of ether oxygens (including phenoxy) is 1. The van der Waals surface area contributed by atoms with Gasteiger partial charge in [0.1, 0.15) is 29.7 Å². The van der Waals surface area contributed by atoms with Crippen LogP contribution in [0, 0.1) is 6.92 Å². The van der Waals surface area contributed by atoms with Crippen LogP contribution in [0.15, 0.2) is 47.5 Å². The Morgan fingerprint density at radius 1 is 1.10 bits per heavy atom. The van der Waals surface area contributed by atoms with Crippen LogP contribution in [0.3, 0.4) is 0 Å². The zero-order chi connectivity index (χ0) is 20.8. The molecule has 152 valence electrons. The molecule has 0 unspecified atom stereocenters. The van der Waals surface area contributed by atoms with Crippen molar-refractivity contribution < 1.29 is 4.74 Å².